The molecule has 1 saturated heterocycles. The predicted octanol–water partition coefficient (Wildman–Crippen LogP) is 2.11. The van der Waals surface area contributed by atoms with Gasteiger partial charge in [-0.3, -0.25) is 4.79 Å². The SMILES string of the molecule is C=C[C@]1(C(=O)N[C@H]2CO[C@@H](C(=O)OC)C2)CC(c2cc(F)cc(F)c2)=NOS1. The van der Waals surface area contributed by atoms with Crippen LogP contribution in [0.4, 0.5) is 8.78 Å². The van der Waals surface area contributed by atoms with Crippen LogP contribution < -0.4 is 5.32 Å². The lowest BCUT2D eigenvalue weighted by Crippen LogP contribution is -2.49. The van der Waals surface area contributed by atoms with Crippen LogP contribution in [0.25, 0.3) is 0 Å². The maximum Gasteiger partial charge on any atom is 0.335 e. The number of carbonyl (C=O) groups excluding carboxylic acids is 2. The Kier molecular flexibility index (Phi) is 5.99. The standard InChI is InChI=1S/C18H18F2N2O5S/c1-3-18(17(24)21-13-7-15(26-9-13)16(23)25-2)8-14(22-27-28-18)10-4-11(19)6-12(20)5-10/h3-6,13,15H,1,7-9H2,2H3,(H,21,24)/t13-,15-,18-/m1/s1. The van der Waals surface area contributed by atoms with Crippen LogP contribution in [0, 0.1) is 11.6 Å². The molecular weight excluding hydrogens is 394 g/mol. The molecule has 1 fully saturated rings. The first-order valence-electron chi connectivity index (χ1n) is 8.39. The molecule has 0 bridgehead atoms. The van der Waals surface area contributed by atoms with Crippen LogP contribution in [-0.2, 0) is 23.3 Å². The fourth-order valence-corrected chi connectivity index (χ4v) is 3.62. The molecule has 1 aromatic carbocycles. The number of carbonyl (C=O) groups is 2. The Hall–Kier alpha value is -2.46. The van der Waals surface area contributed by atoms with Gasteiger partial charge in [0.25, 0.3) is 0 Å². The molecule has 0 radical (unpaired) electrons. The van der Waals surface area contributed by atoms with Crippen molar-refractivity contribution in [1.29, 1.82) is 0 Å². The molecule has 0 unspecified atom stereocenters. The normalized spacial score (nSPS) is 26.8. The summed E-state index contributed by atoms with van der Waals surface area (Å²) < 4.78 is 40.9. The number of oxime groups is 1. The van der Waals surface area contributed by atoms with Crippen LogP contribution in [0.5, 0.6) is 0 Å². The summed E-state index contributed by atoms with van der Waals surface area (Å²) >= 11 is 0.783. The Labute approximate surface area is 164 Å². The number of ether oxygens (including phenoxy) is 2. The van der Waals surface area contributed by atoms with Crippen molar-refractivity contribution >= 4 is 29.6 Å². The van der Waals surface area contributed by atoms with E-state index >= 15 is 0 Å². The van der Waals surface area contributed by atoms with Gasteiger partial charge in [-0.1, -0.05) is 11.2 Å². The minimum Gasteiger partial charge on any atom is -0.467 e. The molecule has 28 heavy (non-hydrogen) atoms. The Balaban J connectivity index is 1.72. The van der Waals surface area contributed by atoms with Crippen molar-refractivity contribution in [3.63, 3.8) is 0 Å². The molecule has 0 aliphatic carbocycles. The summed E-state index contributed by atoms with van der Waals surface area (Å²) in [6.07, 6.45) is 0.944. The summed E-state index contributed by atoms with van der Waals surface area (Å²) in [7, 11) is 1.26. The number of methoxy groups -OCH3 is 1. The Morgan fingerprint density at radius 3 is 2.75 bits per heavy atom. The van der Waals surface area contributed by atoms with Crippen molar-refractivity contribution in [2.24, 2.45) is 5.16 Å². The molecule has 2 heterocycles. The average Bonchev–Trinajstić information content (AvgIpc) is 3.15. The number of hydrogen-bond donors (Lipinski definition) is 1. The van der Waals surface area contributed by atoms with Crippen molar-refractivity contribution in [3.8, 4) is 0 Å². The number of amides is 1. The first kappa shape index (κ1) is 20.3. The van der Waals surface area contributed by atoms with Gasteiger partial charge >= 0.3 is 5.97 Å². The monoisotopic (exact) mass is 412 g/mol. The number of nitrogens with one attached hydrogen (secondary N) is 1. The second-order valence-electron chi connectivity index (χ2n) is 6.38. The largest absolute Gasteiger partial charge is 0.467 e. The number of hydrogen-bond acceptors (Lipinski definition) is 7. The molecule has 0 spiro atoms. The van der Waals surface area contributed by atoms with Crippen LogP contribution in [0.15, 0.2) is 36.0 Å². The number of esters is 1. The van der Waals surface area contributed by atoms with Gasteiger partial charge in [-0.2, -0.15) is 0 Å². The summed E-state index contributed by atoms with van der Waals surface area (Å²) in [5, 5.41) is 6.62. The number of halogens is 2. The molecule has 1 aromatic rings. The quantitative estimate of drug-likeness (QED) is 0.453. The Bertz CT molecular complexity index is 814. The van der Waals surface area contributed by atoms with Crippen LogP contribution in [0.3, 0.4) is 0 Å². The van der Waals surface area contributed by atoms with Gasteiger partial charge < -0.3 is 19.1 Å². The van der Waals surface area contributed by atoms with Crippen molar-refractivity contribution in [2.75, 3.05) is 13.7 Å². The highest BCUT2D eigenvalue weighted by Gasteiger charge is 2.44. The van der Waals surface area contributed by atoms with Gasteiger partial charge in [-0.25, -0.2) is 13.6 Å². The molecule has 0 aromatic heterocycles. The van der Waals surface area contributed by atoms with Crippen LogP contribution in [0.2, 0.25) is 0 Å². The van der Waals surface area contributed by atoms with Gasteiger partial charge in [0.05, 0.1) is 25.5 Å². The lowest BCUT2D eigenvalue weighted by molar-refractivity contribution is -0.151. The van der Waals surface area contributed by atoms with E-state index in [1.165, 1.54) is 13.2 Å². The zero-order valence-electron chi connectivity index (χ0n) is 14.9. The van der Waals surface area contributed by atoms with Crippen molar-refractivity contribution < 1.29 is 32.1 Å². The third kappa shape index (κ3) is 4.17. The van der Waals surface area contributed by atoms with E-state index in [0.29, 0.717) is 0 Å². The lowest BCUT2D eigenvalue weighted by atomic mass is 9.95. The maximum atomic E-state index is 13.5. The maximum absolute atomic E-state index is 13.5. The smallest absolute Gasteiger partial charge is 0.335 e. The molecule has 7 nitrogen and oxygen atoms in total. The predicted molar refractivity (Wildman–Crippen MR) is 97.4 cm³/mol. The first-order valence-corrected chi connectivity index (χ1v) is 9.13. The van der Waals surface area contributed by atoms with Crippen molar-refractivity contribution in [1.82, 2.24) is 5.32 Å². The highest BCUT2D eigenvalue weighted by molar-refractivity contribution is 7.97. The van der Waals surface area contributed by atoms with Gasteiger partial charge in [-0.15, -0.1) is 6.58 Å². The van der Waals surface area contributed by atoms with E-state index in [2.05, 4.69) is 21.8 Å². The van der Waals surface area contributed by atoms with E-state index in [1.807, 2.05) is 0 Å². The molecule has 2 aliphatic rings. The Morgan fingerprint density at radius 2 is 2.11 bits per heavy atom. The second-order valence-corrected chi connectivity index (χ2v) is 7.42. The van der Waals surface area contributed by atoms with Gasteiger partial charge in [0.1, 0.15) is 23.7 Å². The molecule has 3 atom stereocenters. The fraction of sp³-hybridized carbons (Fsp3) is 0.389. The third-order valence-electron chi connectivity index (χ3n) is 4.47. The van der Waals surface area contributed by atoms with Crippen molar-refractivity contribution in [2.45, 2.75) is 29.7 Å². The molecule has 3 rings (SSSR count). The minimum absolute atomic E-state index is 0.0178. The molecule has 2 aliphatic heterocycles. The first-order chi connectivity index (χ1) is 13.4. The highest BCUT2D eigenvalue weighted by Crippen LogP contribution is 2.38. The zero-order chi connectivity index (χ0) is 20.3. The van der Waals surface area contributed by atoms with Gasteiger partial charge in [0.2, 0.25) is 5.91 Å². The van der Waals surface area contributed by atoms with E-state index in [0.717, 1.165) is 30.2 Å². The average molecular weight is 412 g/mol. The topological polar surface area (TPSA) is 86.2 Å². The molecular formula is C18H18F2N2O5S. The fourth-order valence-electron chi connectivity index (χ4n) is 2.96. The molecule has 1 N–H and O–H groups in total. The summed E-state index contributed by atoms with van der Waals surface area (Å²) in [6, 6.07) is 2.56. The summed E-state index contributed by atoms with van der Waals surface area (Å²) in [5.41, 5.74) is 0.383. The molecule has 10 heteroatoms. The number of benzene rings is 1. The third-order valence-corrected chi connectivity index (χ3v) is 5.41. The van der Waals surface area contributed by atoms with E-state index in [-0.39, 0.29) is 30.7 Å². The van der Waals surface area contributed by atoms with E-state index in [4.69, 9.17) is 9.02 Å². The lowest BCUT2D eigenvalue weighted by Gasteiger charge is -2.30. The Morgan fingerprint density at radius 1 is 1.39 bits per heavy atom. The van der Waals surface area contributed by atoms with E-state index < -0.39 is 40.4 Å². The molecule has 1 amide bonds. The molecule has 150 valence electrons. The summed E-state index contributed by atoms with van der Waals surface area (Å²) in [6.45, 7) is 3.85. The summed E-state index contributed by atoms with van der Waals surface area (Å²) in [5.74, 6) is -2.47. The highest BCUT2D eigenvalue weighted by atomic mass is 32.2. The number of rotatable bonds is 5. The number of nitrogens with zero attached hydrogens (tertiary/aromatic N) is 1. The van der Waals surface area contributed by atoms with Crippen LogP contribution in [-0.4, -0.2) is 48.2 Å². The van der Waals surface area contributed by atoms with Gasteiger partial charge in [0.15, 0.2) is 10.9 Å². The van der Waals surface area contributed by atoms with Gasteiger partial charge in [-0.05, 0) is 12.1 Å². The second kappa shape index (κ2) is 8.27. The van der Waals surface area contributed by atoms with Crippen LogP contribution in [0.1, 0.15) is 18.4 Å². The van der Waals surface area contributed by atoms with Crippen molar-refractivity contribution in [3.05, 3.63) is 48.1 Å². The molecule has 0 saturated carbocycles. The summed E-state index contributed by atoms with van der Waals surface area (Å²) in [4.78, 5) is 24.4. The van der Waals surface area contributed by atoms with Crippen LogP contribution >= 0.6 is 12.0 Å². The van der Waals surface area contributed by atoms with E-state index in [1.54, 1.807) is 0 Å². The van der Waals surface area contributed by atoms with Gasteiger partial charge in [0, 0.05) is 24.5 Å². The van der Waals surface area contributed by atoms with E-state index in [9.17, 15) is 18.4 Å². The zero-order valence-corrected chi connectivity index (χ0v) is 15.8. The minimum atomic E-state index is -1.26.